The first-order chi connectivity index (χ1) is 18.2. The fourth-order valence-corrected chi connectivity index (χ4v) is 7.02. The lowest BCUT2D eigenvalue weighted by Crippen LogP contribution is -2.36. The van der Waals surface area contributed by atoms with Crippen LogP contribution in [-0.2, 0) is 28.9 Å². The molecule has 194 valence electrons. The van der Waals surface area contributed by atoms with Gasteiger partial charge in [-0.05, 0) is 72.9 Å². The largest absolute Gasteiger partial charge is 0.264 e. The van der Waals surface area contributed by atoms with E-state index in [1.54, 1.807) is 30.1 Å². The molecule has 10 heteroatoms. The zero-order chi connectivity index (χ0) is 26.5. The quantitative estimate of drug-likeness (QED) is 0.329. The topological polar surface area (TPSA) is 85.9 Å². The minimum Gasteiger partial charge on any atom is -0.233 e. The van der Waals surface area contributed by atoms with Crippen molar-refractivity contribution < 1.29 is 12.8 Å². The van der Waals surface area contributed by atoms with Crippen LogP contribution in [-0.4, -0.2) is 50.6 Å². The summed E-state index contributed by atoms with van der Waals surface area (Å²) in [6.07, 6.45) is 4.47. The number of rotatable bonds is 6. The highest BCUT2D eigenvalue weighted by Gasteiger charge is 2.45. The first-order valence-corrected chi connectivity index (χ1v) is 13.8. The van der Waals surface area contributed by atoms with Crippen LogP contribution in [0.15, 0.2) is 84.1 Å². The fourth-order valence-electron chi connectivity index (χ4n) is 5.60. The van der Waals surface area contributed by atoms with E-state index >= 15 is 0 Å². The van der Waals surface area contributed by atoms with Gasteiger partial charge < -0.3 is 0 Å². The second kappa shape index (κ2) is 9.14. The molecule has 2 aromatic heterocycles. The third-order valence-corrected chi connectivity index (χ3v) is 9.15. The van der Waals surface area contributed by atoms with Gasteiger partial charge in [-0.2, -0.15) is 19.3 Å². The Balaban J connectivity index is 1.44. The van der Waals surface area contributed by atoms with E-state index in [-0.39, 0.29) is 10.8 Å². The monoisotopic (exact) mass is 530 g/mol. The standard InChI is InChI=1S/C28H27FN6O2S/c1-20-14-26-22(17-31-35(26)24-10-8-23(29)9-11-24)15-25(20)28(16-21-6-4-3-5-7-21)12-13-34(19-28)38(36,37)27-18-30-33(2)32-27/h3-11,14-15,17-18H,12-13,16,19H2,1-2H3. The molecule has 1 saturated heterocycles. The van der Waals surface area contributed by atoms with Crippen molar-refractivity contribution in [3.8, 4) is 5.69 Å². The molecule has 0 radical (unpaired) electrons. The third kappa shape index (κ3) is 4.19. The number of hydrogen-bond acceptors (Lipinski definition) is 5. The van der Waals surface area contributed by atoms with Crippen LogP contribution in [0, 0.1) is 12.7 Å². The molecule has 0 amide bonds. The van der Waals surface area contributed by atoms with Crippen molar-refractivity contribution in [2.45, 2.75) is 30.2 Å². The lowest BCUT2D eigenvalue weighted by molar-refractivity contribution is 0.412. The average Bonchev–Trinajstić information content (AvgIpc) is 3.64. The van der Waals surface area contributed by atoms with Crippen molar-refractivity contribution in [2.75, 3.05) is 13.1 Å². The molecule has 3 heterocycles. The van der Waals surface area contributed by atoms with Crippen LogP contribution >= 0.6 is 0 Å². The van der Waals surface area contributed by atoms with Gasteiger partial charge in [0.2, 0.25) is 5.03 Å². The summed E-state index contributed by atoms with van der Waals surface area (Å²) in [6.45, 7) is 2.78. The molecule has 0 saturated carbocycles. The molecule has 3 aromatic carbocycles. The van der Waals surface area contributed by atoms with E-state index in [0.29, 0.717) is 25.9 Å². The minimum absolute atomic E-state index is 0.0386. The summed E-state index contributed by atoms with van der Waals surface area (Å²) in [5, 5.41) is 13.5. The Kier molecular flexibility index (Phi) is 5.88. The van der Waals surface area contributed by atoms with Crippen molar-refractivity contribution in [2.24, 2.45) is 7.05 Å². The van der Waals surface area contributed by atoms with Gasteiger partial charge in [-0.3, -0.25) is 0 Å². The number of sulfonamides is 1. The minimum atomic E-state index is -3.79. The molecule has 8 nitrogen and oxygen atoms in total. The number of aromatic nitrogens is 5. The Bertz CT molecular complexity index is 1730. The highest BCUT2D eigenvalue weighted by Crippen LogP contribution is 2.42. The van der Waals surface area contributed by atoms with Gasteiger partial charge in [0, 0.05) is 30.9 Å². The van der Waals surface area contributed by atoms with Crippen LogP contribution in [0.5, 0.6) is 0 Å². The zero-order valence-corrected chi connectivity index (χ0v) is 21.9. The summed E-state index contributed by atoms with van der Waals surface area (Å²) in [6, 6.07) is 20.6. The molecule has 1 aliphatic rings. The zero-order valence-electron chi connectivity index (χ0n) is 21.1. The number of benzene rings is 3. The Labute approximate surface area is 220 Å². The maximum atomic E-state index is 13.5. The summed E-state index contributed by atoms with van der Waals surface area (Å²) in [7, 11) is -2.18. The van der Waals surface area contributed by atoms with Crippen molar-refractivity contribution >= 4 is 20.9 Å². The predicted molar refractivity (Wildman–Crippen MR) is 142 cm³/mol. The third-order valence-electron chi connectivity index (χ3n) is 7.44. The second-order valence-electron chi connectivity index (χ2n) is 9.96. The van der Waals surface area contributed by atoms with Crippen molar-refractivity contribution in [3.05, 3.63) is 102 Å². The molecule has 0 aliphatic carbocycles. The van der Waals surface area contributed by atoms with Crippen LogP contribution in [0.3, 0.4) is 0 Å². The number of hydrogen-bond donors (Lipinski definition) is 0. The molecular weight excluding hydrogens is 503 g/mol. The number of halogens is 1. The smallest absolute Gasteiger partial charge is 0.233 e. The summed E-state index contributed by atoms with van der Waals surface area (Å²) < 4.78 is 43.8. The van der Waals surface area contributed by atoms with Gasteiger partial charge in [0.25, 0.3) is 10.0 Å². The van der Waals surface area contributed by atoms with E-state index in [1.165, 1.54) is 27.4 Å². The SMILES string of the molecule is Cc1cc2c(cnn2-c2ccc(F)cc2)cc1C1(Cc2ccccc2)CCN(S(=O)(=O)c2cnn(C)n2)C1. The van der Waals surface area contributed by atoms with Gasteiger partial charge >= 0.3 is 0 Å². The number of aryl methyl sites for hydroxylation is 2. The lowest BCUT2D eigenvalue weighted by Gasteiger charge is -2.32. The molecule has 1 aliphatic heterocycles. The lowest BCUT2D eigenvalue weighted by atomic mass is 9.73. The van der Waals surface area contributed by atoms with E-state index in [1.807, 2.05) is 18.2 Å². The second-order valence-corrected chi connectivity index (χ2v) is 11.8. The van der Waals surface area contributed by atoms with E-state index in [4.69, 9.17) is 0 Å². The van der Waals surface area contributed by atoms with Crippen molar-refractivity contribution in [1.29, 1.82) is 0 Å². The Morgan fingerprint density at radius 1 is 1.00 bits per heavy atom. The Morgan fingerprint density at radius 3 is 2.47 bits per heavy atom. The van der Waals surface area contributed by atoms with E-state index in [0.717, 1.165) is 33.3 Å². The molecular formula is C28H27FN6O2S. The fraction of sp³-hybridized carbons (Fsp3) is 0.250. The molecule has 38 heavy (non-hydrogen) atoms. The summed E-state index contributed by atoms with van der Waals surface area (Å²) in [5.41, 5.74) is 4.55. The Morgan fingerprint density at radius 2 is 1.76 bits per heavy atom. The van der Waals surface area contributed by atoms with Gasteiger partial charge in [0.1, 0.15) is 5.82 Å². The molecule has 0 bridgehead atoms. The molecule has 5 aromatic rings. The van der Waals surface area contributed by atoms with Crippen LogP contribution in [0.2, 0.25) is 0 Å². The summed E-state index contributed by atoms with van der Waals surface area (Å²) in [4.78, 5) is 1.26. The van der Waals surface area contributed by atoms with E-state index in [9.17, 15) is 12.8 Å². The molecule has 1 atom stereocenters. The molecule has 1 fully saturated rings. The predicted octanol–water partition coefficient (Wildman–Crippen LogP) is 4.18. The first-order valence-electron chi connectivity index (χ1n) is 12.4. The highest BCUT2D eigenvalue weighted by molar-refractivity contribution is 7.89. The van der Waals surface area contributed by atoms with E-state index < -0.39 is 15.4 Å². The normalized spacial score (nSPS) is 18.4. The molecule has 6 rings (SSSR count). The molecule has 1 unspecified atom stereocenters. The van der Waals surface area contributed by atoms with Crippen LogP contribution < -0.4 is 0 Å². The molecule has 0 N–H and O–H groups in total. The van der Waals surface area contributed by atoms with Crippen LogP contribution in [0.25, 0.3) is 16.6 Å². The van der Waals surface area contributed by atoms with Gasteiger partial charge in [-0.1, -0.05) is 30.3 Å². The van der Waals surface area contributed by atoms with Crippen LogP contribution in [0.1, 0.15) is 23.1 Å². The maximum Gasteiger partial charge on any atom is 0.264 e. The summed E-state index contributed by atoms with van der Waals surface area (Å²) in [5.74, 6) is -0.297. The van der Waals surface area contributed by atoms with Crippen molar-refractivity contribution in [3.63, 3.8) is 0 Å². The number of fused-ring (bicyclic) bond motifs is 1. The maximum absolute atomic E-state index is 13.5. The summed E-state index contributed by atoms with van der Waals surface area (Å²) >= 11 is 0. The Hall–Kier alpha value is -3.89. The average molecular weight is 531 g/mol. The van der Waals surface area contributed by atoms with Crippen LogP contribution in [0.4, 0.5) is 4.39 Å². The van der Waals surface area contributed by atoms with Gasteiger partial charge in [-0.15, -0.1) is 5.10 Å². The van der Waals surface area contributed by atoms with Gasteiger partial charge in [0.05, 0.1) is 23.6 Å². The molecule has 0 spiro atoms. The van der Waals surface area contributed by atoms with Crippen molar-refractivity contribution in [1.82, 2.24) is 29.1 Å². The first kappa shape index (κ1) is 24.4. The highest BCUT2D eigenvalue weighted by atomic mass is 32.2. The van der Waals surface area contributed by atoms with Gasteiger partial charge in [-0.25, -0.2) is 17.5 Å². The number of nitrogens with zero attached hydrogens (tertiary/aromatic N) is 6. The van der Waals surface area contributed by atoms with E-state index in [2.05, 4.69) is 46.5 Å². The van der Waals surface area contributed by atoms with Gasteiger partial charge in [0.15, 0.2) is 0 Å².